The summed E-state index contributed by atoms with van der Waals surface area (Å²) in [5, 5.41) is 42.5. The molecule has 6 N–H and O–H groups in total. The van der Waals surface area contributed by atoms with E-state index < -0.39 is 36.3 Å². The minimum Gasteiger partial charge on any atom is -0.389 e. The Kier molecular flexibility index (Phi) is 7.47. The molecular weight excluding hydrogens is 458 g/mol. The fraction of sp³-hybridized carbons (Fsp3) is 1.00. The first-order valence-corrected chi connectivity index (χ1v) is 13.3. The van der Waals surface area contributed by atoms with Gasteiger partial charge >= 0.3 is 0 Å². The van der Waals surface area contributed by atoms with Gasteiger partial charge in [0, 0.05) is 5.41 Å². The standard InChI is InChI=1S/C26H45NO6.ClH/c1-14-20(28)21(29)22(30)23(32-14)33-17-7-9-24(2)15(12-17)4-5-19-18(24)8-10-25(3)16(13-27)6-11-26(19,25)31;/h14-23,28-31H,4-13,27H2,1-3H3;1H/t14-,15+,16+,17-,18?,19?,20-,21+,22+,23-,24-,25+,26-;/m0./s1. The number of aliphatic hydroxyl groups excluding tert-OH is 3. The van der Waals surface area contributed by atoms with Crippen LogP contribution in [0.25, 0.3) is 0 Å². The van der Waals surface area contributed by atoms with Crippen molar-refractivity contribution in [2.75, 3.05) is 6.54 Å². The van der Waals surface area contributed by atoms with Gasteiger partial charge in [-0.05, 0) is 100 Å². The van der Waals surface area contributed by atoms with E-state index in [1.54, 1.807) is 6.92 Å². The number of halogens is 1. The molecule has 8 heteroatoms. The van der Waals surface area contributed by atoms with E-state index in [0.29, 0.717) is 30.2 Å². The third-order valence-corrected chi connectivity index (χ3v) is 11.4. The molecule has 2 unspecified atom stereocenters. The van der Waals surface area contributed by atoms with E-state index in [-0.39, 0.29) is 29.3 Å². The van der Waals surface area contributed by atoms with Crippen LogP contribution < -0.4 is 5.73 Å². The van der Waals surface area contributed by atoms with Gasteiger partial charge in [0.15, 0.2) is 6.29 Å². The molecule has 4 aliphatic carbocycles. The van der Waals surface area contributed by atoms with Crippen LogP contribution in [0.1, 0.15) is 78.6 Å². The number of nitrogens with two attached hydrogens (primary N) is 1. The molecule has 0 aromatic carbocycles. The highest BCUT2D eigenvalue weighted by Crippen LogP contribution is 2.68. The Morgan fingerprint density at radius 1 is 0.912 bits per heavy atom. The number of aliphatic hydroxyl groups is 4. The summed E-state index contributed by atoms with van der Waals surface area (Å²) in [6, 6.07) is 0. The minimum atomic E-state index is -1.26. The van der Waals surface area contributed by atoms with E-state index in [9.17, 15) is 20.4 Å². The van der Waals surface area contributed by atoms with Gasteiger partial charge in [-0.3, -0.25) is 0 Å². The average molecular weight is 504 g/mol. The van der Waals surface area contributed by atoms with Crippen LogP contribution in [0.2, 0.25) is 0 Å². The van der Waals surface area contributed by atoms with Crippen molar-refractivity contribution in [1.82, 2.24) is 0 Å². The molecule has 34 heavy (non-hydrogen) atoms. The number of hydrogen-bond acceptors (Lipinski definition) is 7. The fourth-order valence-corrected chi connectivity index (χ4v) is 9.11. The van der Waals surface area contributed by atoms with E-state index in [2.05, 4.69) is 13.8 Å². The first-order chi connectivity index (χ1) is 15.5. The van der Waals surface area contributed by atoms with Crippen LogP contribution >= 0.6 is 12.4 Å². The minimum absolute atomic E-state index is 0. The van der Waals surface area contributed by atoms with E-state index in [1.165, 1.54) is 6.42 Å². The van der Waals surface area contributed by atoms with E-state index in [0.717, 1.165) is 51.4 Å². The van der Waals surface area contributed by atoms with Crippen LogP contribution in [0.15, 0.2) is 0 Å². The summed E-state index contributed by atoms with van der Waals surface area (Å²) in [7, 11) is 0. The zero-order valence-electron chi connectivity index (χ0n) is 20.9. The van der Waals surface area contributed by atoms with Gasteiger partial charge < -0.3 is 35.6 Å². The summed E-state index contributed by atoms with van der Waals surface area (Å²) in [5.41, 5.74) is 5.68. The molecular formula is C26H46ClNO6. The van der Waals surface area contributed by atoms with Gasteiger partial charge in [0.2, 0.25) is 0 Å². The molecule has 0 aromatic heterocycles. The Bertz CT molecular complexity index is 744. The highest BCUT2D eigenvalue weighted by Gasteiger charge is 2.67. The molecule has 0 radical (unpaired) electrons. The van der Waals surface area contributed by atoms with Gasteiger partial charge in [-0.15, -0.1) is 12.4 Å². The Morgan fingerprint density at radius 2 is 1.65 bits per heavy atom. The number of rotatable bonds is 3. The molecule has 198 valence electrons. The van der Waals surface area contributed by atoms with Crippen molar-refractivity contribution in [3.63, 3.8) is 0 Å². The third-order valence-electron chi connectivity index (χ3n) is 11.4. The highest BCUT2D eigenvalue weighted by atomic mass is 35.5. The molecule has 0 spiro atoms. The Morgan fingerprint density at radius 3 is 2.35 bits per heavy atom. The van der Waals surface area contributed by atoms with Gasteiger partial charge in [0.05, 0.1) is 17.8 Å². The van der Waals surface area contributed by atoms with Gasteiger partial charge in [-0.25, -0.2) is 0 Å². The van der Waals surface area contributed by atoms with Crippen molar-refractivity contribution in [2.24, 2.45) is 40.2 Å². The largest absolute Gasteiger partial charge is 0.389 e. The monoisotopic (exact) mass is 503 g/mol. The first kappa shape index (κ1) is 27.1. The Hall–Kier alpha value is 0.01000. The van der Waals surface area contributed by atoms with Crippen molar-refractivity contribution in [3.8, 4) is 0 Å². The van der Waals surface area contributed by atoms with Crippen LogP contribution in [0, 0.1) is 34.5 Å². The molecule has 5 rings (SSSR count). The normalized spacial score (nSPS) is 57.2. The van der Waals surface area contributed by atoms with Gasteiger partial charge in [0.25, 0.3) is 0 Å². The highest BCUT2D eigenvalue weighted by molar-refractivity contribution is 5.85. The van der Waals surface area contributed by atoms with E-state index in [1.807, 2.05) is 0 Å². The van der Waals surface area contributed by atoms with Crippen molar-refractivity contribution in [3.05, 3.63) is 0 Å². The van der Waals surface area contributed by atoms with Gasteiger partial charge in [0.1, 0.15) is 18.3 Å². The molecule has 1 saturated heterocycles. The van der Waals surface area contributed by atoms with Crippen molar-refractivity contribution in [2.45, 2.75) is 121 Å². The zero-order chi connectivity index (χ0) is 23.8. The summed E-state index contributed by atoms with van der Waals surface area (Å²) in [6.07, 6.45) is 4.03. The molecule has 4 saturated carbocycles. The van der Waals surface area contributed by atoms with E-state index in [4.69, 9.17) is 15.2 Å². The summed E-state index contributed by atoms with van der Waals surface area (Å²) in [6.45, 7) is 7.11. The number of fused-ring (bicyclic) bond motifs is 5. The van der Waals surface area contributed by atoms with Crippen molar-refractivity contribution in [1.29, 1.82) is 0 Å². The van der Waals surface area contributed by atoms with Crippen LogP contribution in [-0.2, 0) is 9.47 Å². The second-order valence-electron chi connectivity index (χ2n) is 12.6. The summed E-state index contributed by atoms with van der Waals surface area (Å²) < 4.78 is 11.9. The van der Waals surface area contributed by atoms with E-state index >= 15 is 0 Å². The summed E-state index contributed by atoms with van der Waals surface area (Å²) in [4.78, 5) is 0. The number of hydrogen-bond donors (Lipinski definition) is 5. The number of ether oxygens (including phenoxy) is 2. The fourth-order valence-electron chi connectivity index (χ4n) is 9.11. The van der Waals surface area contributed by atoms with Crippen molar-refractivity contribution >= 4 is 12.4 Å². The smallest absolute Gasteiger partial charge is 0.186 e. The lowest BCUT2D eigenvalue weighted by molar-refractivity contribution is -0.310. The summed E-state index contributed by atoms with van der Waals surface area (Å²) >= 11 is 0. The van der Waals surface area contributed by atoms with Gasteiger partial charge in [-0.2, -0.15) is 0 Å². The lowest BCUT2D eigenvalue weighted by Crippen LogP contribution is -2.63. The molecule has 0 bridgehead atoms. The third kappa shape index (κ3) is 3.80. The maximum Gasteiger partial charge on any atom is 0.186 e. The predicted molar refractivity (Wildman–Crippen MR) is 130 cm³/mol. The lowest BCUT2D eigenvalue weighted by Gasteiger charge is -2.63. The average Bonchev–Trinajstić information content (AvgIpc) is 3.06. The van der Waals surface area contributed by atoms with Crippen LogP contribution in [0.4, 0.5) is 0 Å². The zero-order valence-corrected chi connectivity index (χ0v) is 21.8. The second-order valence-corrected chi connectivity index (χ2v) is 12.6. The molecule has 7 nitrogen and oxygen atoms in total. The SMILES string of the molecule is C[C@@H]1O[C@@H](O[C@H]2CC[C@]3(C)C4CC[C@]5(C)[C@@H](CN)CC[C@]5(O)C4CC[C@@H]3C2)[C@H](O)[C@H](O)[C@H]1O.Cl. The van der Waals surface area contributed by atoms with Crippen molar-refractivity contribution < 1.29 is 29.9 Å². The van der Waals surface area contributed by atoms with Gasteiger partial charge in [-0.1, -0.05) is 13.8 Å². The van der Waals surface area contributed by atoms with Crippen LogP contribution in [0.3, 0.4) is 0 Å². The second kappa shape index (κ2) is 9.39. The summed E-state index contributed by atoms with van der Waals surface area (Å²) in [5.74, 6) is 1.83. The Labute approximate surface area is 210 Å². The van der Waals surface area contributed by atoms with Crippen LogP contribution in [0.5, 0.6) is 0 Å². The maximum absolute atomic E-state index is 12.1. The lowest BCUT2D eigenvalue weighted by atomic mass is 9.43. The topological polar surface area (TPSA) is 125 Å². The molecule has 5 aliphatic rings. The molecule has 1 heterocycles. The van der Waals surface area contributed by atoms with Crippen LogP contribution in [-0.4, -0.2) is 69.4 Å². The molecule has 0 aromatic rings. The molecule has 0 amide bonds. The quantitative estimate of drug-likeness (QED) is 0.374. The molecule has 13 atom stereocenters. The Balaban J connectivity index is 0.00000274. The molecule has 1 aliphatic heterocycles. The molecule has 5 fully saturated rings. The maximum atomic E-state index is 12.1. The first-order valence-electron chi connectivity index (χ1n) is 13.3. The predicted octanol–water partition coefficient (Wildman–Crippen LogP) is 2.35.